The van der Waals surface area contributed by atoms with Crippen LogP contribution >= 0.6 is 11.8 Å². The van der Waals surface area contributed by atoms with Crippen molar-refractivity contribution in [3.63, 3.8) is 0 Å². The molecule has 0 bridgehead atoms. The van der Waals surface area contributed by atoms with Gasteiger partial charge in [-0.1, -0.05) is 42.1 Å². The van der Waals surface area contributed by atoms with Gasteiger partial charge in [-0.05, 0) is 12.0 Å². The second-order valence-corrected chi connectivity index (χ2v) is 5.88. The van der Waals surface area contributed by atoms with Crippen LogP contribution in [0.3, 0.4) is 0 Å². The Bertz CT molecular complexity index is 489. The van der Waals surface area contributed by atoms with Crippen molar-refractivity contribution in [2.24, 2.45) is 4.99 Å². The van der Waals surface area contributed by atoms with Crippen LogP contribution in [-0.4, -0.2) is 29.4 Å². The number of thioether (sulfide) groups is 1. The Morgan fingerprint density at radius 2 is 2.11 bits per heavy atom. The van der Waals surface area contributed by atoms with E-state index in [2.05, 4.69) is 39.9 Å². The van der Waals surface area contributed by atoms with Crippen molar-refractivity contribution >= 4 is 22.8 Å². The number of carbonyl (C=O) groups is 1. The van der Waals surface area contributed by atoms with Gasteiger partial charge in [0.25, 0.3) is 0 Å². The van der Waals surface area contributed by atoms with E-state index < -0.39 is 0 Å². The number of nitrogens with zero attached hydrogens (tertiary/aromatic N) is 1. The van der Waals surface area contributed by atoms with E-state index in [0.29, 0.717) is 19.0 Å². The molecule has 2 N–H and O–H groups in total. The van der Waals surface area contributed by atoms with Crippen molar-refractivity contribution in [1.29, 1.82) is 0 Å². The van der Waals surface area contributed by atoms with Crippen LogP contribution in [0.1, 0.15) is 24.4 Å². The molecular weight excluding hydrogens is 258 g/mol. The van der Waals surface area contributed by atoms with E-state index in [1.807, 2.05) is 6.07 Å². The minimum absolute atomic E-state index is 0.152. The summed E-state index contributed by atoms with van der Waals surface area (Å²) in [4.78, 5) is 15.7. The summed E-state index contributed by atoms with van der Waals surface area (Å²) in [6.07, 6.45) is 1.55. The van der Waals surface area contributed by atoms with Crippen molar-refractivity contribution in [2.45, 2.75) is 24.9 Å². The molecule has 3 rings (SSSR count). The Labute approximate surface area is 117 Å². The average molecular weight is 275 g/mol. The van der Waals surface area contributed by atoms with Crippen molar-refractivity contribution in [3.8, 4) is 0 Å². The second kappa shape index (κ2) is 5.65. The number of amides is 1. The summed E-state index contributed by atoms with van der Waals surface area (Å²) in [5, 5.41) is 7.38. The highest BCUT2D eigenvalue weighted by atomic mass is 32.2. The zero-order valence-electron chi connectivity index (χ0n) is 10.6. The number of rotatable bonds is 3. The van der Waals surface area contributed by atoms with Crippen molar-refractivity contribution in [2.75, 3.05) is 12.3 Å². The molecule has 2 saturated heterocycles. The van der Waals surface area contributed by atoms with Gasteiger partial charge in [0.15, 0.2) is 5.17 Å². The number of hydrogen-bond acceptors (Lipinski definition) is 3. The second-order valence-electron chi connectivity index (χ2n) is 4.87. The highest BCUT2D eigenvalue weighted by molar-refractivity contribution is 8.14. The van der Waals surface area contributed by atoms with Gasteiger partial charge < -0.3 is 10.6 Å². The van der Waals surface area contributed by atoms with Crippen LogP contribution in [0.2, 0.25) is 0 Å². The molecule has 2 heterocycles. The molecular formula is C14H17N3OS. The number of aliphatic imine (C=N–C) groups is 1. The third-order valence-corrected chi connectivity index (χ3v) is 4.45. The van der Waals surface area contributed by atoms with Crippen LogP contribution in [0.4, 0.5) is 0 Å². The molecule has 1 aromatic carbocycles. The molecule has 2 aliphatic rings. The zero-order valence-corrected chi connectivity index (χ0v) is 11.5. The van der Waals surface area contributed by atoms with E-state index >= 15 is 0 Å². The van der Waals surface area contributed by atoms with Gasteiger partial charge in [-0.25, -0.2) is 0 Å². The highest BCUT2D eigenvalue weighted by Gasteiger charge is 2.23. The number of amidine groups is 1. The van der Waals surface area contributed by atoms with Gasteiger partial charge in [-0.15, -0.1) is 0 Å². The Kier molecular flexibility index (Phi) is 3.73. The van der Waals surface area contributed by atoms with E-state index in [0.717, 1.165) is 17.3 Å². The summed E-state index contributed by atoms with van der Waals surface area (Å²) in [7, 11) is 0. The maximum Gasteiger partial charge on any atom is 0.220 e. The predicted molar refractivity (Wildman–Crippen MR) is 78.2 cm³/mol. The third kappa shape index (κ3) is 3.10. The molecule has 4 nitrogen and oxygen atoms in total. The Morgan fingerprint density at radius 1 is 1.26 bits per heavy atom. The third-order valence-electron chi connectivity index (χ3n) is 3.43. The van der Waals surface area contributed by atoms with Crippen molar-refractivity contribution in [3.05, 3.63) is 35.9 Å². The molecule has 2 atom stereocenters. The lowest BCUT2D eigenvalue weighted by Gasteiger charge is -2.10. The Hall–Kier alpha value is -1.49. The maximum atomic E-state index is 11.1. The summed E-state index contributed by atoms with van der Waals surface area (Å²) in [5.74, 6) is 1.17. The number of benzene rings is 1. The molecule has 2 aliphatic heterocycles. The smallest absolute Gasteiger partial charge is 0.220 e. The molecule has 0 aromatic heterocycles. The minimum Gasteiger partial charge on any atom is -0.357 e. The molecule has 5 heteroatoms. The first kappa shape index (κ1) is 12.5. The van der Waals surface area contributed by atoms with Gasteiger partial charge in [0.05, 0.1) is 12.6 Å². The van der Waals surface area contributed by atoms with Crippen LogP contribution in [0, 0.1) is 0 Å². The van der Waals surface area contributed by atoms with E-state index in [-0.39, 0.29) is 11.9 Å². The fourth-order valence-corrected chi connectivity index (χ4v) is 3.35. The average Bonchev–Trinajstić information content (AvgIpc) is 3.06. The summed E-state index contributed by atoms with van der Waals surface area (Å²) < 4.78 is 0. The maximum absolute atomic E-state index is 11.1. The van der Waals surface area contributed by atoms with Crippen LogP contribution in [-0.2, 0) is 4.79 Å². The van der Waals surface area contributed by atoms with Crippen LogP contribution < -0.4 is 10.6 Å². The Balaban J connectivity index is 1.55. The Morgan fingerprint density at radius 3 is 2.84 bits per heavy atom. The lowest BCUT2D eigenvalue weighted by atomic mass is 10.1. The summed E-state index contributed by atoms with van der Waals surface area (Å²) in [6, 6.07) is 11.0. The monoisotopic (exact) mass is 275 g/mol. The van der Waals surface area contributed by atoms with Crippen molar-refractivity contribution < 1.29 is 4.79 Å². The van der Waals surface area contributed by atoms with Gasteiger partial charge in [-0.3, -0.25) is 9.79 Å². The molecule has 0 spiro atoms. The van der Waals surface area contributed by atoms with Gasteiger partial charge in [-0.2, -0.15) is 0 Å². The molecule has 0 saturated carbocycles. The van der Waals surface area contributed by atoms with Crippen LogP contribution in [0.5, 0.6) is 0 Å². The van der Waals surface area contributed by atoms with Crippen LogP contribution in [0.25, 0.3) is 0 Å². The largest absolute Gasteiger partial charge is 0.357 e. The number of hydrogen-bond donors (Lipinski definition) is 2. The minimum atomic E-state index is 0.152. The molecule has 1 amide bonds. The molecule has 0 aliphatic carbocycles. The fourth-order valence-electron chi connectivity index (χ4n) is 2.36. The summed E-state index contributed by atoms with van der Waals surface area (Å²) in [5.41, 5.74) is 1.30. The molecule has 2 unspecified atom stereocenters. The standard InChI is InChI=1S/C14H17N3OS/c18-13-7-6-11(16-13)8-15-14-17-12(9-19-14)10-4-2-1-3-5-10/h1-5,11-12H,6-9H2,(H,15,17)(H,16,18). The molecule has 19 heavy (non-hydrogen) atoms. The summed E-state index contributed by atoms with van der Waals surface area (Å²) >= 11 is 1.76. The van der Waals surface area contributed by atoms with Gasteiger partial charge in [0, 0.05) is 18.2 Å². The van der Waals surface area contributed by atoms with Crippen molar-refractivity contribution in [1.82, 2.24) is 10.6 Å². The van der Waals surface area contributed by atoms with E-state index in [4.69, 9.17) is 0 Å². The summed E-state index contributed by atoms with van der Waals surface area (Å²) in [6.45, 7) is 0.683. The first-order valence-corrected chi connectivity index (χ1v) is 7.58. The molecule has 100 valence electrons. The lowest BCUT2D eigenvalue weighted by molar-refractivity contribution is -0.119. The number of carbonyl (C=O) groups excluding carboxylic acids is 1. The topological polar surface area (TPSA) is 53.5 Å². The highest BCUT2D eigenvalue weighted by Crippen LogP contribution is 2.25. The van der Waals surface area contributed by atoms with E-state index in [1.165, 1.54) is 5.56 Å². The zero-order chi connectivity index (χ0) is 13.1. The number of nitrogens with one attached hydrogen (secondary N) is 2. The molecule has 0 radical (unpaired) electrons. The normalized spacial score (nSPS) is 28.4. The first-order valence-electron chi connectivity index (χ1n) is 6.59. The van der Waals surface area contributed by atoms with Gasteiger partial charge >= 0.3 is 0 Å². The quantitative estimate of drug-likeness (QED) is 0.883. The first-order chi connectivity index (χ1) is 9.31. The van der Waals surface area contributed by atoms with Gasteiger partial charge in [0.1, 0.15) is 0 Å². The van der Waals surface area contributed by atoms with Crippen LogP contribution in [0.15, 0.2) is 35.3 Å². The SMILES string of the molecule is O=C1CCC(CN=C2NC(c3ccccc3)CS2)N1. The molecule has 1 aromatic rings. The lowest BCUT2D eigenvalue weighted by Crippen LogP contribution is -2.29. The van der Waals surface area contributed by atoms with E-state index in [9.17, 15) is 4.79 Å². The predicted octanol–water partition coefficient (Wildman–Crippen LogP) is 1.70. The van der Waals surface area contributed by atoms with E-state index in [1.54, 1.807) is 11.8 Å². The fraction of sp³-hybridized carbons (Fsp3) is 0.429. The molecule has 2 fully saturated rings. The van der Waals surface area contributed by atoms with Gasteiger partial charge in [0.2, 0.25) is 5.91 Å².